The molecule has 274 valence electrons. The van der Waals surface area contributed by atoms with Crippen LogP contribution in [0.5, 0.6) is 0 Å². The van der Waals surface area contributed by atoms with Gasteiger partial charge in [0, 0.05) is 13.1 Å². The highest BCUT2D eigenvalue weighted by atomic mass is 32.2. The Morgan fingerprint density at radius 1 is 0.939 bits per heavy atom. The van der Waals surface area contributed by atoms with E-state index in [9.17, 15) is 32.4 Å². The molecule has 0 aromatic rings. The van der Waals surface area contributed by atoms with Gasteiger partial charge in [-0.1, -0.05) is 65.4 Å². The number of Topliss-reactive ketones (excluding diaryl/α,β-unsaturated/α-hetero) is 1. The van der Waals surface area contributed by atoms with Crippen molar-refractivity contribution in [3.63, 3.8) is 0 Å². The minimum absolute atomic E-state index is 0.0924. The van der Waals surface area contributed by atoms with E-state index in [4.69, 9.17) is 0 Å². The van der Waals surface area contributed by atoms with E-state index in [1.807, 2.05) is 20.8 Å². The summed E-state index contributed by atoms with van der Waals surface area (Å²) in [6, 6.07) is -3.42. The summed E-state index contributed by atoms with van der Waals surface area (Å²) >= 11 is 0. The van der Waals surface area contributed by atoms with Crippen LogP contribution in [0.4, 0.5) is 4.79 Å². The molecule has 5 rings (SSSR count). The van der Waals surface area contributed by atoms with Crippen LogP contribution in [-0.2, 0) is 29.0 Å². The fourth-order valence-electron chi connectivity index (χ4n) is 8.94. The summed E-state index contributed by atoms with van der Waals surface area (Å²) in [6.07, 6.45) is 12.1. The van der Waals surface area contributed by atoms with Gasteiger partial charge < -0.3 is 26.2 Å². The molecule has 0 spiro atoms. The molecule has 12 nitrogen and oxygen atoms in total. The molecule has 6 atom stereocenters. The molecule has 0 radical (unpaired) electrons. The molecule has 0 aromatic carbocycles. The standard InChI is InChI=1S/C36H57N5O7S/c1-5-20-37-32(44)29(42)26(17-16-23-14-15-23)38-31(43)28-25-12-9-11-24(25)22-41(28)33(45)30(35(2,3)4)39-34(46)40-36(18-7-6-8-19-36)27-13-10-21-49(27,47)48/h5,23-28,30H,1,6-22H2,2-4H3,(H,37,44)(H,38,43)(H2,39,40,46)/t24-,25-,26-,27+,28-,30+/m0/s1. The lowest BCUT2D eigenvalue weighted by Crippen LogP contribution is -2.65. The normalized spacial score (nSPS) is 28.5. The van der Waals surface area contributed by atoms with Crippen LogP contribution in [0.25, 0.3) is 0 Å². The number of amides is 5. The predicted octanol–water partition coefficient (Wildman–Crippen LogP) is 3.15. The van der Waals surface area contributed by atoms with Gasteiger partial charge in [0.1, 0.15) is 12.1 Å². The van der Waals surface area contributed by atoms with Crippen molar-refractivity contribution in [2.75, 3.05) is 18.8 Å². The Bertz CT molecular complexity index is 1400. The summed E-state index contributed by atoms with van der Waals surface area (Å²) in [4.78, 5) is 70.0. The Kier molecular flexibility index (Phi) is 11.5. The molecule has 13 heteroatoms. The molecule has 3 saturated carbocycles. The van der Waals surface area contributed by atoms with Crippen LogP contribution >= 0.6 is 0 Å². The molecule has 0 aromatic heterocycles. The highest BCUT2D eigenvalue weighted by molar-refractivity contribution is 7.92. The highest BCUT2D eigenvalue weighted by Gasteiger charge is 2.53. The Morgan fingerprint density at radius 3 is 2.27 bits per heavy atom. The van der Waals surface area contributed by atoms with Crippen molar-refractivity contribution in [2.24, 2.45) is 23.2 Å². The average molecular weight is 704 g/mol. The van der Waals surface area contributed by atoms with Crippen molar-refractivity contribution in [1.82, 2.24) is 26.2 Å². The van der Waals surface area contributed by atoms with Crippen molar-refractivity contribution in [3.05, 3.63) is 12.7 Å². The van der Waals surface area contributed by atoms with Gasteiger partial charge in [0.2, 0.25) is 17.6 Å². The van der Waals surface area contributed by atoms with Crippen molar-refractivity contribution < 1.29 is 32.4 Å². The maximum absolute atomic E-state index is 14.5. The summed E-state index contributed by atoms with van der Waals surface area (Å²) in [5.74, 6) is -1.68. The number of rotatable bonds is 13. The third-order valence-electron chi connectivity index (χ3n) is 11.7. The highest BCUT2D eigenvalue weighted by Crippen LogP contribution is 2.44. The van der Waals surface area contributed by atoms with Crippen LogP contribution in [0.1, 0.15) is 111 Å². The largest absolute Gasteiger partial charge is 0.346 e. The smallest absolute Gasteiger partial charge is 0.315 e. The predicted molar refractivity (Wildman–Crippen MR) is 186 cm³/mol. The first-order chi connectivity index (χ1) is 23.2. The number of hydrogen-bond donors (Lipinski definition) is 4. The molecule has 2 saturated heterocycles. The summed E-state index contributed by atoms with van der Waals surface area (Å²) in [5.41, 5.74) is -1.62. The molecule has 49 heavy (non-hydrogen) atoms. The minimum atomic E-state index is -3.35. The SMILES string of the molecule is C=CCNC(=O)C(=O)[C@H](CCC1CC1)NC(=O)[C@@H]1[C@H]2CCC[C@H]2CN1C(=O)[C@@H](NC(=O)NC1([C@H]2CCCS2(=O)=O)CCCCC1)C(C)(C)C. The zero-order valence-electron chi connectivity index (χ0n) is 29.6. The quantitative estimate of drug-likeness (QED) is 0.169. The van der Waals surface area contributed by atoms with E-state index in [0.29, 0.717) is 44.6 Å². The maximum Gasteiger partial charge on any atom is 0.315 e. The second-order valence-corrected chi connectivity index (χ2v) is 18.7. The summed E-state index contributed by atoms with van der Waals surface area (Å²) in [5, 5.41) is 10.8. The summed E-state index contributed by atoms with van der Waals surface area (Å²) < 4.78 is 26.1. The molecular formula is C36H57N5O7S. The van der Waals surface area contributed by atoms with Crippen molar-refractivity contribution in [3.8, 4) is 0 Å². The Hall–Kier alpha value is -2.96. The third-order valence-corrected chi connectivity index (χ3v) is 14.1. The zero-order valence-corrected chi connectivity index (χ0v) is 30.4. The summed E-state index contributed by atoms with van der Waals surface area (Å²) in [7, 11) is -3.35. The Balaban J connectivity index is 1.35. The van der Waals surface area contributed by atoms with Gasteiger partial charge >= 0.3 is 6.03 Å². The zero-order chi connectivity index (χ0) is 35.6. The van der Waals surface area contributed by atoms with Crippen LogP contribution < -0.4 is 21.3 Å². The van der Waals surface area contributed by atoms with Gasteiger partial charge in [0.05, 0.1) is 22.6 Å². The molecule has 5 amide bonds. The number of likely N-dealkylation sites (tertiary alicyclic amines) is 1. The van der Waals surface area contributed by atoms with Gasteiger partial charge in [-0.3, -0.25) is 19.2 Å². The molecule has 4 N–H and O–H groups in total. The van der Waals surface area contributed by atoms with Crippen LogP contribution in [0.2, 0.25) is 0 Å². The van der Waals surface area contributed by atoms with Gasteiger partial charge in [0.15, 0.2) is 9.84 Å². The molecule has 5 fully saturated rings. The van der Waals surface area contributed by atoms with E-state index in [0.717, 1.165) is 57.8 Å². The second kappa shape index (κ2) is 15.1. The van der Waals surface area contributed by atoms with Crippen LogP contribution in [-0.4, -0.2) is 90.6 Å². The first-order valence-electron chi connectivity index (χ1n) is 18.5. The van der Waals surface area contributed by atoms with Gasteiger partial charge in [-0.05, 0) is 74.5 Å². The Morgan fingerprint density at radius 2 is 1.65 bits per heavy atom. The molecule has 5 aliphatic rings. The van der Waals surface area contributed by atoms with Crippen LogP contribution in [0.15, 0.2) is 12.7 Å². The first kappa shape index (κ1) is 37.3. The number of ketones is 1. The van der Waals surface area contributed by atoms with Gasteiger partial charge in [-0.15, -0.1) is 6.58 Å². The number of nitrogens with one attached hydrogen (secondary N) is 4. The number of carbonyl (C=O) groups excluding carboxylic acids is 5. The van der Waals surface area contributed by atoms with Crippen molar-refractivity contribution >= 4 is 39.4 Å². The average Bonchev–Trinajstić information content (AvgIpc) is 3.45. The van der Waals surface area contributed by atoms with E-state index >= 15 is 0 Å². The molecule has 2 aliphatic heterocycles. The number of hydrogen-bond acceptors (Lipinski definition) is 7. The first-order valence-corrected chi connectivity index (χ1v) is 20.2. The molecular weight excluding hydrogens is 646 g/mol. The van der Waals surface area contributed by atoms with Gasteiger partial charge in [0.25, 0.3) is 5.91 Å². The van der Waals surface area contributed by atoms with E-state index in [1.54, 1.807) is 4.90 Å². The molecule has 0 bridgehead atoms. The lowest BCUT2D eigenvalue weighted by atomic mass is 9.78. The van der Waals surface area contributed by atoms with E-state index in [2.05, 4.69) is 27.8 Å². The van der Waals surface area contributed by atoms with Crippen molar-refractivity contribution in [1.29, 1.82) is 0 Å². The summed E-state index contributed by atoms with van der Waals surface area (Å²) in [6.45, 7) is 9.64. The van der Waals surface area contributed by atoms with E-state index in [1.165, 1.54) is 6.08 Å². The molecule has 0 unspecified atom stereocenters. The lowest BCUT2D eigenvalue weighted by Gasteiger charge is -2.43. The molecule has 3 aliphatic carbocycles. The topological polar surface area (TPSA) is 171 Å². The number of urea groups is 1. The lowest BCUT2D eigenvalue weighted by molar-refractivity contribution is -0.144. The monoisotopic (exact) mass is 703 g/mol. The van der Waals surface area contributed by atoms with Crippen molar-refractivity contribution in [2.45, 2.75) is 140 Å². The fourth-order valence-corrected chi connectivity index (χ4v) is 11.3. The van der Waals surface area contributed by atoms with Crippen LogP contribution in [0.3, 0.4) is 0 Å². The number of sulfone groups is 1. The minimum Gasteiger partial charge on any atom is -0.346 e. The maximum atomic E-state index is 14.5. The van der Waals surface area contributed by atoms with E-state index in [-0.39, 0.29) is 30.0 Å². The third kappa shape index (κ3) is 8.51. The fraction of sp³-hybridized carbons (Fsp3) is 0.806. The van der Waals surface area contributed by atoms with Gasteiger partial charge in [-0.25, -0.2) is 13.2 Å². The van der Waals surface area contributed by atoms with Crippen LogP contribution in [0, 0.1) is 23.2 Å². The molecule has 2 heterocycles. The number of carbonyl (C=O) groups is 5. The Labute approximate surface area is 291 Å². The number of nitrogens with zero attached hydrogens (tertiary/aromatic N) is 1. The second-order valence-electron chi connectivity index (χ2n) is 16.3. The van der Waals surface area contributed by atoms with E-state index < -0.39 is 67.8 Å². The number of fused-ring (bicyclic) bond motifs is 1. The van der Waals surface area contributed by atoms with Gasteiger partial charge in [-0.2, -0.15) is 0 Å².